The highest BCUT2D eigenvalue weighted by atomic mass is 35.5. The van der Waals surface area contributed by atoms with Crippen molar-refractivity contribution in [2.75, 3.05) is 18.6 Å². The van der Waals surface area contributed by atoms with Gasteiger partial charge in [-0.3, -0.25) is 14.5 Å². The molecule has 0 spiro atoms. The van der Waals surface area contributed by atoms with Crippen LogP contribution in [0.4, 0.5) is 5.69 Å². The number of ether oxygens (including phenoxy) is 2. The van der Waals surface area contributed by atoms with Crippen LogP contribution in [-0.2, 0) is 9.59 Å². The van der Waals surface area contributed by atoms with Crippen LogP contribution in [0, 0.1) is 0 Å². The first-order valence-corrected chi connectivity index (χ1v) is 12.3. The third-order valence-corrected chi connectivity index (χ3v) is 6.64. The minimum atomic E-state index is -1.01. The Morgan fingerprint density at radius 1 is 1.05 bits per heavy atom. The number of amides is 1. The van der Waals surface area contributed by atoms with Crippen LogP contribution in [0.1, 0.15) is 49.4 Å². The Labute approximate surface area is 220 Å². The van der Waals surface area contributed by atoms with Crippen LogP contribution >= 0.6 is 11.6 Å². The standard InChI is InChI=1S/C29H28ClNO6/c1-5-37-24-14-18(8-13-23(24)32)26-25(27(33)21-15-20(36-4)11-12-22(21)30)28(34)29(35)31(26)19-9-6-17(7-10-19)16(2)3/h6-16,26,32-33H,5H2,1-4H3/b27-25+. The fourth-order valence-electron chi connectivity index (χ4n) is 4.36. The predicted molar refractivity (Wildman–Crippen MR) is 143 cm³/mol. The number of carbonyl (C=O) groups is 2. The average Bonchev–Trinajstić information content (AvgIpc) is 3.15. The summed E-state index contributed by atoms with van der Waals surface area (Å²) in [5.41, 5.74) is 2.04. The molecule has 1 atom stereocenters. The third-order valence-electron chi connectivity index (χ3n) is 6.31. The number of hydrogen-bond acceptors (Lipinski definition) is 6. The number of aromatic hydroxyl groups is 1. The van der Waals surface area contributed by atoms with Crippen LogP contribution in [0.5, 0.6) is 17.2 Å². The fraction of sp³-hybridized carbons (Fsp3) is 0.241. The van der Waals surface area contributed by atoms with Crippen molar-refractivity contribution in [3.63, 3.8) is 0 Å². The molecule has 0 aromatic heterocycles. The van der Waals surface area contributed by atoms with E-state index in [0.29, 0.717) is 23.6 Å². The molecule has 0 aliphatic carbocycles. The van der Waals surface area contributed by atoms with Crippen molar-refractivity contribution in [2.24, 2.45) is 0 Å². The molecule has 3 aromatic rings. The first kappa shape index (κ1) is 26.1. The summed E-state index contributed by atoms with van der Waals surface area (Å²) in [5, 5.41) is 21.9. The van der Waals surface area contributed by atoms with E-state index in [1.807, 2.05) is 12.1 Å². The summed E-state index contributed by atoms with van der Waals surface area (Å²) >= 11 is 6.38. The maximum atomic E-state index is 13.4. The summed E-state index contributed by atoms with van der Waals surface area (Å²) in [6.07, 6.45) is 0. The van der Waals surface area contributed by atoms with Gasteiger partial charge in [-0.25, -0.2) is 0 Å². The SMILES string of the molecule is CCOc1cc(C2/C(=C(\O)c3cc(OC)ccc3Cl)C(=O)C(=O)N2c2ccc(C(C)C)cc2)ccc1O. The highest BCUT2D eigenvalue weighted by molar-refractivity contribution is 6.52. The van der Waals surface area contributed by atoms with Gasteiger partial charge >= 0.3 is 0 Å². The molecule has 0 radical (unpaired) electrons. The smallest absolute Gasteiger partial charge is 0.300 e. The Morgan fingerprint density at radius 2 is 1.76 bits per heavy atom. The van der Waals surface area contributed by atoms with E-state index in [0.717, 1.165) is 5.56 Å². The summed E-state index contributed by atoms with van der Waals surface area (Å²) in [4.78, 5) is 28.2. The van der Waals surface area contributed by atoms with E-state index in [4.69, 9.17) is 21.1 Å². The second kappa shape index (κ2) is 10.6. The predicted octanol–water partition coefficient (Wildman–Crippen LogP) is 6.20. The van der Waals surface area contributed by atoms with Crippen molar-refractivity contribution in [3.8, 4) is 17.2 Å². The number of aliphatic hydroxyl groups is 1. The second-order valence-electron chi connectivity index (χ2n) is 8.92. The van der Waals surface area contributed by atoms with E-state index < -0.39 is 23.5 Å². The number of benzene rings is 3. The van der Waals surface area contributed by atoms with Crippen molar-refractivity contribution in [3.05, 3.63) is 87.9 Å². The molecular formula is C29H28ClNO6. The van der Waals surface area contributed by atoms with Crippen molar-refractivity contribution >= 4 is 34.7 Å². The first-order valence-electron chi connectivity index (χ1n) is 11.9. The molecule has 0 saturated carbocycles. The summed E-state index contributed by atoms with van der Waals surface area (Å²) in [6, 6.07) is 15.6. The van der Waals surface area contributed by atoms with Crippen molar-refractivity contribution in [2.45, 2.75) is 32.7 Å². The highest BCUT2D eigenvalue weighted by Gasteiger charge is 2.47. The molecule has 4 rings (SSSR count). The zero-order valence-electron chi connectivity index (χ0n) is 21.0. The molecule has 7 nitrogen and oxygen atoms in total. The number of anilines is 1. The Balaban J connectivity index is 1.97. The van der Waals surface area contributed by atoms with Gasteiger partial charge in [0, 0.05) is 11.3 Å². The largest absolute Gasteiger partial charge is 0.507 e. The molecule has 1 aliphatic rings. The van der Waals surface area contributed by atoms with Gasteiger partial charge in [-0.2, -0.15) is 0 Å². The molecule has 3 aromatic carbocycles. The van der Waals surface area contributed by atoms with Gasteiger partial charge in [-0.15, -0.1) is 0 Å². The lowest BCUT2D eigenvalue weighted by atomic mass is 9.94. The summed E-state index contributed by atoms with van der Waals surface area (Å²) in [6.45, 7) is 6.20. The molecule has 1 aliphatic heterocycles. The third kappa shape index (κ3) is 4.87. The lowest BCUT2D eigenvalue weighted by molar-refractivity contribution is -0.132. The number of rotatable bonds is 7. The lowest BCUT2D eigenvalue weighted by Gasteiger charge is -2.26. The van der Waals surface area contributed by atoms with Gasteiger partial charge in [-0.05, 0) is 66.4 Å². The van der Waals surface area contributed by atoms with E-state index in [-0.39, 0.29) is 33.6 Å². The van der Waals surface area contributed by atoms with Crippen molar-refractivity contribution in [1.82, 2.24) is 0 Å². The van der Waals surface area contributed by atoms with Gasteiger partial charge in [0.25, 0.3) is 11.7 Å². The van der Waals surface area contributed by atoms with Crippen molar-refractivity contribution in [1.29, 1.82) is 0 Å². The fourth-order valence-corrected chi connectivity index (χ4v) is 4.57. The molecule has 2 N–H and O–H groups in total. The number of methoxy groups -OCH3 is 1. The van der Waals surface area contributed by atoms with Crippen LogP contribution in [0.2, 0.25) is 5.02 Å². The molecule has 37 heavy (non-hydrogen) atoms. The van der Waals surface area contributed by atoms with E-state index in [2.05, 4.69) is 13.8 Å². The Hall–Kier alpha value is -3.97. The Morgan fingerprint density at radius 3 is 2.38 bits per heavy atom. The molecule has 1 fully saturated rings. The van der Waals surface area contributed by atoms with Crippen LogP contribution in [-0.4, -0.2) is 35.6 Å². The van der Waals surface area contributed by atoms with Gasteiger partial charge in [0.2, 0.25) is 0 Å². The molecule has 1 heterocycles. The molecule has 8 heteroatoms. The number of aliphatic hydroxyl groups excluding tert-OH is 1. The minimum absolute atomic E-state index is 0.0836. The number of Topliss-reactive ketones (excluding diaryl/α,β-unsaturated/α-hetero) is 1. The van der Waals surface area contributed by atoms with Crippen LogP contribution in [0.25, 0.3) is 5.76 Å². The molecule has 1 amide bonds. The van der Waals surface area contributed by atoms with Gasteiger partial charge in [0.05, 0.1) is 30.4 Å². The van der Waals surface area contributed by atoms with Crippen LogP contribution in [0.3, 0.4) is 0 Å². The maximum absolute atomic E-state index is 13.4. The number of nitrogens with zero attached hydrogens (tertiary/aromatic N) is 1. The van der Waals surface area contributed by atoms with Gasteiger partial charge in [-0.1, -0.05) is 43.6 Å². The molecule has 192 valence electrons. The first-order chi connectivity index (χ1) is 17.7. The Bertz CT molecular complexity index is 1380. The van der Waals surface area contributed by atoms with E-state index >= 15 is 0 Å². The average molecular weight is 522 g/mol. The highest BCUT2D eigenvalue weighted by Crippen LogP contribution is 2.45. The number of phenols is 1. The topological polar surface area (TPSA) is 96.3 Å². The quantitative estimate of drug-likeness (QED) is 0.218. The molecular weight excluding hydrogens is 494 g/mol. The maximum Gasteiger partial charge on any atom is 0.300 e. The van der Waals surface area contributed by atoms with Crippen molar-refractivity contribution < 1.29 is 29.3 Å². The van der Waals surface area contributed by atoms with E-state index in [9.17, 15) is 19.8 Å². The minimum Gasteiger partial charge on any atom is -0.507 e. The van der Waals surface area contributed by atoms with Crippen LogP contribution in [0.15, 0.2) is 66.2 Å². The van der Waals surface area contributed by atoms with Gasteiger partial charge < -0.3 is 19.7 Å². The van der Waals surface area contributed by atoms with Gasteiger partial charge in [0.15, 0.2) is 11.5 Å². The summed E-state index contributed by atoms with van der Waals surface area (Å²) in [5.74, 6) is -1.28. The molecule has 0 bridgehead atoms. The van der Waals surface area contributed by atoms with Gasteiger partial charge in [0.1, 0.15) is 11.5 Å². The molecule has 1 saturated heterocycles. The van der Waals surface area contributed by atoms with E-state index in [1.54, 1.807) is 43.3 Å². The number of hydrogen-bond donors (Lipinski definition) is 2. The zero-order valence-corrected chi connectivity index (χ0v) is 21.7. The number of carbonyl (C=O) groups excluding carboxylic acids is 2. The molecule has 1 unspecified atom stereocenters. The number of halogens is 1. The number of phenolic OH excluding ortho intramolecular Hbond substituents is 1. The lowest BCUT2D eigenvalue weighted by Crippen LogP contribution is -2.29. The zero-order chi connectivity index (χ0) is 26.9. The summed E-state index contributed by atoms with van der Waals surface area (Å²) in [7, 11) is 1.47. The normalized spacial score (nSPS) is 16.9. The monoisotopic (exact) mass is 521 g/mol. The Kier molecular flexibility index (Phi) is 7.45. The second-order valence-corrected chi connectivity index (χ2v) is 9.33. The summed E-state index contributed by atoms with van der Waals surface area (Å²) < 4.78 is 10.8. The number of ketones is 1. The van der Waals surface area contributed by atoms with Crippen LogP contribution < -0.4 is 14.4 Å². The van der Waals surface area contributed by atoms with E-state index in [1.165, 1.54) is 24.1 Å².